The molecule has 3 nitrogen and oxygen atoms in total. The van der Waals surface area contributed by atoms with Crippen molar-refractivity contribution in [2.45, 2.75) is 77.4 Å². The summed E-state index contributed by atoms with van der Waals surface area (Å²) in [5, 5.41) is 8.32. The van der Waals surface area contributed by atoms with Gasteiger partial charge in [-0.1, -0.05) is 83.3 Å². The second-order valence-electron chi connectivity index (χ2n) is 4.55. The number of unbranched alkanes of at least 4 members (excludes halogenated alkanes) is 5. The second-order valence-corrected chi connectivity index (χ2v) is 6.73. The molecule has 0 aromatic heterocycles. The Balaban J connectivity index is 0. The van der Waals surface area contributed by atoms with E-state index >= 15 is 0 Å². The molecule has 0 heterocycles. The van der Waals surface area contributed by atoms with Crippen molar-refractivity contribution in [3.05, 3.63) is 0 Å². The summed E-state index contributed by atoms with van der Waals surface area (Å²) in [6, 6.07) is 0. The summed E-state index contributed by atoms with van der Waals surface area (Å²) in [5.74, 6) is -0.745. The van der Waals surface area contributed by atoms with E-state index in [1.165, 1.54) is 44.9 Å². The fourth-order valence-electron chi connectivity index (χ4n) is 1.47. The Bertz CT molecular complexity index is 235. The molecule has 0 saturated carbocycles. The summed E-state index contributed by atoms with van der Waals surface area (Å²) in [6.45, 7) is 6.05. The summed E-state index contributed by atoms with van der Waals surface area (Å²) < 4.78 is 0.587. The lowest BCUT2D eigenvalue weighted by molar-refractivity contribution is -0.136. The summed E-state index contributed by atoms with van der Waals surface area (Å²) in [6.07, 6.45) is 9.65. The fraction of sp³-hybridized carbons (Fsp3) is 0.857. The quantitative estimate of drug-likeness (QED) is 0.482. The van der Waals surface area contributed by atoms with E-state index in [4.69, 9.17) is 23.1 Å². The highest BCUT2D eigenvalue weighted by Crippen LogP contribution is 2.17. The molecule has 114 valence electrons. The van der Waals surface area contributed by atoms with Gasteiger partial charge in [0.05, 0.1) is 0 Å². The first-order valence-electron chi connectivity index (χ1n) is 7.11. The molecular formula is C14H29NO2S2. The summed E-state index contributed by atoms with van der Waals surface area (Å²) in [5.41, 5.74) is 5.46. The molecule has 1 atom stereocenters. The molecule has 5 heteroatoms. The van der Waals surface area contributed by atoms with Crippen LogP contribution >= 0.6 is 24.0 Å². The van der Waals surface area contributed by atoms with Crippen molar-refractivity contribution in [1.82, 2.24) is 0 Å². The lowest BCUT2D eigenvalue weighted by atomic mass is 10.1. The van der Waals surface area contributed by atoms with Crippen LogP contribution in [0.5, 0.6) is 0 Å². The lowest BCUT2D eigenvalue weighted by Gasteiger charge is -2.08. The first-order chi connectivity index (χ1) is 8.93. The molecular weight excluding hydrogens is 278 g/mol. The minimum absolute atomic E-state index is 0.222. The molecule has 0 aliphatic rings. The van der Waals surface area contributed by atoms with E-state index in [1.807, 2.05) is 0 Å². The molecule has 0 aliphatic carbocycles. The van der Waals surface area contributed by atoms with Crippen LogP contribution < -0.4 is 5.73 Å². The minimum atomic E-state index is -0.745. The average molecular weight is 308 g/mol. The van der Waals surface area contributed by atoms with Crippen LogP contribution in [-0.4, -0.2) is 20.6 Å². The molecule has 0 amide bonds. The predicted octanol–water partition coefficient (Wildman–Crippen LogP) is 4.58. The second kappa shape index (κ2) is 15.8. The average Bonchev–Trinajstić information content (AvgIpc) is 2.33. The molecule has 0 aliphatic heterocycles. The zero-order chi connectivity index (χ0) is 15.1. The Morgan fingerprint density at radius 1 is 1.21 bits per heavy atom. The van der Waals surface area contributed by atoms with E-state index in [2.05, 4.69) is 13.8 Å². The predicted molar refractivity (Wildman–Crippen MR) is 89.8 cm³/mol. The normalized spacial score (nSPS) is 11.3. The van der Waals surface area contributed by atoms with Gasteiger partial charge in [0.25, 0.3) is 0 Å². The number of carbonyl (C=O) groups is 1. The van der Waals surface area contributed by atoms with E-state index in [-0.39, 0.29) is 6.42 Å². The molecule has 0 aromatic carbocycles. The van der Waals surface area contributed by atoms with E-state index < -0.39 is 5.97 Å². The molecule has 3 N–H and O–H groups in total. The summed E-state index contributed by atoms with van der Waals surface area (Å²) >= 11 is 6.48. The molecule has 0 spiro atoms. The van der Waals surface area contributed by atoms with Gasteiger partial charge < -0.3 is 10.8 Å². The van der Waals surface area contributed by atoms with Crippen LogP contribution in [0.2, 0.25) is 0 Å². The highest BCUT2D eigenvalue weighted by atomic mass is 32.2. The zero-order valence-electron chi connectivity index (χ0n) is 12.5. The van der Waals surface area contributed by atoms with Gasteiger partial charge in [0.1, 0.15) is 4.32 Å². The van der Waals surface area contributed by atoms with Crippen LogP contribution in [0.4, 0.5) is 0 Å². The third-order valence-electron chi connectivity index (χ3n) is 2.58. The standard InChI is InChI=1S/C11H23NS2.C3H6O2/c1-3-4-5-6-7-8-9-10(2)14-11(12)13;1-2-3(4)5/h10H,3-9H2,1-2H3,(H2,12,13);2H2,1H3,(H,4,5). The molecule has 19 heavy (non-hydrogen) atoms. The van der Waals surface area contributed by atoms with Crippen LogP contribution in [0.15, 0.2) is 0 Å². The maximum Gasteiger partial charge on any atom is 0.303 e. The van der Waals surface area contributed by atoms with Crippen molar-refractivity contribution in [2.75, 3.05) is 0 Å². The molecule has 0 aromatic rings. The Hall–Kier alpha value is -0.290. The summed E-state index contributed by atoms with van der Waals surface area (Å²) in [7, 11) is 0. The maximum atomic E-state index is 9.37. The topological polar surface area (TPSA) is 63.3 Å². The van der Waals surface area contributed by atoms with Crippen molar-refractivity contribution in [2.24, 2.45) is 5.73 Å². The minimum Gasteiger partial charge on any atom is -0.481 e. The SMILES string of the molecule is CCC(=O)O.CCCCCCCCC(C)SC(N)=S. The number of thiocarbonyl (C=S) groups is 1. The Morgan fingerprint density at radius 3 is 2.11 bits per heavy atom. The zero-order valence-corrected chi connectivity index (χ0v) is 14.1. The Morgan fingerprint density at radius 2 is 1.68 bits per heavy atom. The van der Waals surface area contributed by atoms with Crippen LogP contribution in [-0.2, 0) is 4.79 Å². The number of rotatable bonds is 9. The van der Waals surface area contributed by atoms with Crippen molar-refractivity contribution in [3.63, 3.8) is 0 Å². The molecule has 0 radical (unpaired) electrons. The van der Waals surface area contributed by atoms with Crippen molar-refractivity contribution < 1.29 is 9.90 Å². The third-order valence-corrected chi connectivity index (χ3v) is 3.74. The van der Waals surface area contributed by atoms with Crippen molar-refractivity contribution in [1.29, 1.82) is 0 Å². The van der Waals surface area contributed by atoms with E-state index in [0.29, 0.717) is 9.57 Å². The van der Waals surface area contributed by atoms with Crippen LogP contribution in [0.3, 0.4) is 0 Å². The van der Waals surface area contributed by atoms with E-state index in [9.17, 15) is 4.79 Å². The largest absolute Gasteiger partial charge is 0.481 e. The summed E-state index contributed by atoms with van der Waals surface area (Å²) in [4.78, 5) is 9.37. The Kier molecular flexibility index (Phi) is 17.4. The van der Waals surface area contributed by atoms with Gasteiger partial charge in [-0.05, 0) is 6.42 Å². The van der Waals surface area contributed by atoms with Gasteiger partial charge in [0, 0.05) is 11.7 Å². The van der Waals surface area contributed by atoms with Crippen LogP contribution in [0, 0.1) is 0 Å². The smallest absolute Gasteiger partial charge is 0.303 e. The molecule has 1 unspecified atom stereocenters. The van der Waals surface area contributed by atoms with Gasteiger partial charge in [0.2, 0.25) is 0 Å². The van der Waals surface area contributed by atoms with Crippen LogP contribution in [0.25, 0.3) is 0 Å². The van der Waals surface area contributed by atoms with Gasteiger partial charge in [-0.25, -0.2) is 0 Å². The number of aliphatic carboxylic acids is 1. The van der Waals surface area contributed by atoms with Crippen LogP contribution in [0.1, 0.15) is 72.1 Å². The van der Waals surface area contributed by atoms with E-state index in [1.54, 1.807) is 18.7 Å². The van der Waals surface area contributed by atoms with Gasteiger partial charge in [0.15, 0.2) is 0 Å². The number of carboxylic acids is 1. The fourth-order valence-corrected chi connectivity index (χ4v) is 2.64. The van der Waals surface area contributed by atoms with Crippen molar-refractivity contribution in [3.8, 4) is 0 Å². The highest BCUT2D eigenvalue weighted by Gasteiger charge is 2.03. The van der Waals surface area contributed by atoms with Gasteiger partial charge >= 0.3 is 5.97 Å². The monoisotopic (exact) mass is 307 g/mol. The maximum absolute atomic E-state index is 9.37. The van der Waals surface area contributed by atoms with Crippen molar-refractivity contribution >= 4 is 34.3 Å². The first-order valence-corrected chi connectivity index (χ1v) is 8.40. The van der Waals surface area contributed by atoms with E-state index in [0.717, 1.165) is 0 Å². The Labute approximate surface area is 127 Å². The molecule has 0 saturated heterocycles. The third kappa shape index (κ3) is 23.3. The first kappa shape index (κ1) is 21.0. The van der Waals surface area contributed by atoms with Gasteiger partial charge in [-0.15, -0.1) is 0 Å². The van der Waals surface area contributed by atoms with Gasteiger partial charge in [-0.2, -0.15) is 0 Å². The highest BCUT2D eigenvalue weighted by molar-refractivity contribution is 8.23. The number of thioether (sulfide) groups is 1. The lowest BCUT2D eigenvalue weighted by Crippen LogP contribution is -2.08. The number of carboxylic acid groups (broad SMARTS) is 1. The molecule has 0 bridgehead atoms. The number of nitrogens with two attached hydrogens (primary N) is 1. The number of hydrogen-bond donors (Lipinski definition) is 2. The molecule has 0 fully saturated rings. The number of hydrogen-bond acceptors (Lipinski definition) is 3. The molecule has 0 rings (SSSR count). The van der Waals surface area contributed by atoms with Gasteiger partial charge in [-0.3, -0.25) is 4.79 Å².